The van der Waals surface area contributed by atoms with Crippen molar-refractivity contribution in [3.63, 3.8) is 0 Å². The lowest BCUT2D eigenvalue weighted by Crippen LogP contribution is -2.15. The van der Waals surface area contributed by atoms with Crippen LogP contribution in [0.5, 0.6) is 11.5 Å². The second kappa shape index (κ2) is 10.7. The Morgan fingerprint density at radius 2 is 1.12 bits per heavy atom. The molecule has 0 fully saturated rings. The minimum atomic E-state index is -0.524. The van der Waals surface area contributed by atoms with Crippen LogP contribution in [0.15, 0.2) is 24.3 Å². The Balaban J connectivity index is 1.79. The molecule has 0 saturated carbocycles. The molecule has 0 heterocycles. The Labute approximate surface area is 195 Å². The third kappa shape index (κ3) is 5.34. The molecular formula is C23H22Cl2O7. The predicted octanol–water partition coefficient (Wildman–Crippen LogP) is 4.87. The van der Waals surface area contributed by atoms with Crippen LogP contribution in [0.3, 0.4) is 0 Å². The second-order valence-electron chi connectivity index (χ2n) is 7.00. The van der Waals surface area contributed by atoms with Gasteiger partial charge in [-0.05, 0) is 48.2 Å². The van der Waals surface area contributed by atoms with E-state index in [1.807, 2.05) is 13.8 Å². The first-order chi connectivity index (χ1) is 15.3. The summed E-state index contributed by atoms with van der Waals surface area (Å²) in [5, 5.41) is 0.477. The van der Waals surface area contributed by atoms with Gasteiger partial charge in [-0.3, -0.25) is 4.79 Å². The highest BCUT2D eigenvalue weighted by atomic mass is 35.5. The molecule has 170 valence electrons. The van der Waals surface area contributed by atoms with Crippen molar-refractivity contribution < 1.29 is 33.3 Å². The van der Waals surface area contributed by atoms with Gasteiger partial charge in [0.25, 0.3) is 0 Å². The number of fused-ring (bicyclic) bond motifs is 3. The summed E-state index contributed by atoms with van der Waals surface area (Å²) in [7, 11) is 0. The molecule has 1 aliphatic carbocycles. The third-order valence-electron chi connectivity index (χ3n) is 4.55. The van der Waals surface area contributed by atoms with Crippen molar-refractivity contribution in [3.8, 4) is 22.6 Å². The molecule has 2 aromatic carbocycles. The average molecular weight is 481 g/mol. The van der Waals surface area contributed by atoms with E-state index in [0.717, 1.165) is 0 Å². The zero-order valence-corrected chi connectivity index (χ0v) is 19.2. The second-order valence-corrected chi connectivity index (χ2v) is 7.82. The van der Waals surface area contributed by atoms with Crippen LogP contribution in [0.4, 0.5) is 0 Å². The monoisotopic (exact) mass is 480 g/mol. The molecule has 2 aromatic rings. The van der Waals surface area contributed by atoms with Crippen LogP contribution in [0.1, 0.15) is 42.6 Å². The molecule has 3 rings (SSSR count). The predicted molar refractivity (Wildman–Crippen MR) is 119 cm³/mol. The fourth-order valence-corrected chi connectivity index (χ4v) is 3.52. The van der Waals surface area contributed by atoms with E-state index >= 15 is 0 Å². The van der Waals surface area contributed by atoms with Crippen molar-refractivity contribution in [2.75, 3.05) is 26.4 Å². The Morgan fingerprint density at radius 3 is 1.50 bits per heavy atom. The van der Waals surface area contributed by atoms with Gasteiger partial charge in [0.15, 0.2) is 19.0 Å². The van der Waals surface area contributed by atoms with Crippen molar-refractivity contribution in [1.29, 1.82) is 0 Å². The van der Waals surface area contributed by atoms with E-state index in [-0.39, 0.29) is 40.5 Å². The van der Waals surface area contributed by atoms with Gasteiger partial charge in [-0.2, -0.15) is 0 Å². The molecule has 0 unspecified atom stereocenters. The number of ketones is 1. The van der Waals surface area contributed by atoms with Gasteiger partial charge in [0, 0.05) is 11.1 Å². The van der Waals surface area contributed by atoms with Crippen molar-refractivity contribution in [1.82, 2.24) is 0 Å². The molecule has 0 amide bonds. The van der Waals surface area contributed by atoms with Crippen molar-refractivity contribution in [2.24, 2.45) is 0 Å². The normalized spacial score (nSPS) is 11.6. The molecule has 1 aliphatic rings. The van der Waals surface area contributed by atoms with Gasteiger partial charge in [-0.1, -0.05) is 37.0 Å². The number of carbonyl (C=O) groups excluding carboxylic acids is 3. The van der Waals surface area contributed by atoms with E-state index in [2.05, 4.69) is 0 Å². The Morgan fingerprint density at radius 1 is 0.719 bits per heavy atom. The Hall–Kier alpha value is -2.77. The van der Waals surface area contributed by atoms with Crippen LogP contribution in [-0.4, -0.2) is 44.1 Å². The largest absolute Gasteiger partial charge is 0.480 e. The van der Waals surface area contributed by atoms with E-state index in [1.54, 1.807) is 12.1 Å². The van der Waals surface area contributed by atoms with Gasteiger partial charge in [0.2, 0.25) is 0 Å². The summed E-state index contributed by atoms with van der Waals surface area (Å²) in [6.45, 7) is 3.73. The lowest BCUT2D eigenvalue weighted by Gasteiger charge is -2.11. The van der Waals surface area contributed by atoms with Crippen LogP contribution >= 0.6 is 23.2 Å². The van der Waals surface area contributed by atoms with Gasteiger partial charge < -0.3 is 18.9 Å². The molecule has 0 bridgehead atoms. The molecule has 0 radical (unpaired) electrons. The fraction of sp³-hybridized carbons (Fsp3) is 0.348. The quantitative estimate of drug-likeness (QED) is 0.382. The highest BCUT2D eigenvalue weighted by molar-refractivity contribution is 6.35. The van der Waals surface area contributed by atoms with Crippen LogP contribution in [-0.2, 0) is 19.1 Å². The average Bonchev–Trinajstić information content (AvgIpc) is 3.03. The molecule has 7 nitrogen and oxygen atoms in total. The summed E-state index contributed by atoms with van der Waals surface area (Å²) >= 11 is 12.6. The smallest absolute Gasteiger partial charge is 0.344 e. The number of ether oxygens (including phenoxy) is 4. The summed E-state index contributed by atoms with van der Waals surface area (Å²) in [6, 6.07) is 6.16. The summed E-state index contributed by atoms with van der Waals surface area (Å²) in [5.74, 6) is -0.934. The van der Waals surface area contributed by atoms with E-state index < -0.39 is 11.9 Å². The number of halogens is 2. The van der Waals surface area contributed by atoms with Crippen LogP contribution < -0.4 is 9.47 Å². The summed E-state index contributed by atoms with van der Waals surface area (Å²) in [5.41, 5.74) is 1.90. The zero-order valence-electron chi connectivity index (χ0n) is 17.7. The van der Waals surface area contributed by atoms with Gasteiger partial charge in [0.1, 0.15) is 11.5 Å². The van der Waals surface area contributed by atoms with E-state index in [1.165, 1.54) is 12.1 Å². The summed E-state index contributed by atoms with van der Waals surface area (Å²) < 4.78 is 20.8. The summed E-state index contributed by atoms with van der Waals surface area (Å²) in [4.78, 5) is 36.4. The van der Waals surface area contributed by atoms with Gasteiger partial charge in [-0.15, -0.1) is 0 Å². The minimum Gasteiger partial charge on any atom is -0.480 e. The molecule has 0 spiro atoms. The molecule has 0 atom stereocenters. The van der Waals surface area contributed by atoms with E-state index in [4.69, 9.17) is 42.1 Å². The molecule has 9 heteroatoms. The number of hydrogen-bond donors (Lipinski definition) is 0. The molecule has 0 aromatic heterocycles. The van der Waals surface area contributed by atoms with E-state index in [9.17, 15) is 14.4 Å². The number of benzene rings is 2. The number of hydrogen-bond acceptors (Lipinski definition) is 7. The minimum absolute atomic E-state index is 0.196. The molecule has 0 saturated heterocycles. The Kier molecular flexibility index (Phi) is 7.99. The maximum atomic E-state index is 13.0. The van der Waals surface area contributed by atoms with Gasteiger partial charge in [-0.25, -0.2) is 9.59 Å². The zero-order chi connectivity index (χ0) is 23.3. The lowest BCUT2D eigenvalue weighted by atomic mass is 10.1. The first-order valence-corrected chi connectivity index (χ1v) is 10.9. The van der Waals surface area contributed by atoms with Gasteiger partial charge in [0.05, 0.1) is 23.3 Å². The molecule has 0 aliphatic heterocycles. The SMILES string of the molecule is CCCOC(=O)COc1cc2c(cc1Cl)-c1cc(Cl)c(OCC(=O)OCCC)cc1C2=O. The number of rotatable bonds is 10. The fourth-order valence-electron chi connectivity index (χ4n) is 3.08. The lowest BCUT2D eigenvalue weighted by molar-refractivity contribution is -0.146. The topological polar surface area (TPSA) is 88.1 Å². The van der Waals surface area contributed by atoms with Gasteiger partial charge >= 0.3 is 11.9 Å². The van der Waals surface area contributed by atoms with E-state index in [0.29, 0.717) is 48.3 Å². The van der Waals surface area contributed by atoms with Crippen molar-refractivity contribution in [3.05, 3.63) is 45.4 Å². The highest BCUT2D eigenvalue weighted by Crippen LogP contribution is 2.44. The van der Waals surface area contributed by atoms with Crippen LogP contribution in [0.2, 0.25) is 10.0 Å². The standard InChI is InChI=1S/C23H22Cl2O7/c1-3-5-29-21(26)11-31-19-9-15-13(7-17(19)24)14-8-18(25)20(10-16(14)23(15)28)32-12-22(27)30-6-4-2/h7-10H,3-6,11-12H2,1-2H3. The highest BCUT2D eigenvalue weighted by Gasteiger charge is 2.30. The molecular weight excluding hydrogens is 459 g/mol. The first-order valence-electron chi connectivity index (χ1n) is 10.1. The van der Waals surface area contributed by atoms with Crippen molar-refractivity contribution in [2.45, 2.75) is 26.7 Å². The van der Waals surface area contributed by atoms with Crippen LogP contribution in [0, 0.1) is 0 Å². The Bertz CT molecular complexity index is 968. The molecule has 32 heavy (non-hydrogen) atoms. The van der Waals surface area contributed by atoms with Crippen LogP contribution in [0.25, 0.3) is 11.1 Å². The number of esters is 2. The third-order valence-corrected chi connectivity index (χ3v) is 5.14. The number of carbonyl (C=O) groups is 3. The van der Waals surface area contributed by atoms with Crippen molar-refractivity contribution >= 4 is 40.9 Å². The molecule has 0 N–H and O–H groups in total. The summed E-state index contributed by atoms with van der Waals surface area (Å²) in [6.07, 6.45) is 1.40. The maximum Gasteiger partial charge on any atom is 0.344 e. The maximum absolute atomic E-state index is 13.0. The first kappa shape index (κ1) is 23.9.